The van der Waals surface area contributed by atoms with Gasteiger partial charge in [-0.25, -0.2) is 0 Å². The number of aliphatic hydroxyl groups is 1. The van der Waals surface area contributed by atoms with Crippen LogP contribution in [0.5, 0.6) is 5.75 Å². The van der Waals surface area contributed by atoms with Crippen molar-refractivity contribution in [1.29, 1.82) is 0 Å². The van der Waals surface area contributed by atoms with Gasteiger partial charge in [0.05, 0.1) is 0 Å². The minimum absolute atomic E-state index is 0. The lowest BCUT2D eigenvalue weighted by Gasteiger charge is -2.29. The number of hydrogen-bond acceptors (Lipinski definition) is 3. The second-order valence-electron chi connectivity index (χ2n) is 4.22. The Balaban J connectivity index is 0.00000196. The van der Waals surface area contributed by atoms with E-state index >= 15 is 0 Å². The van der Waals surface area contributed by atoms with Crippen molar-refractivity contribution in [3.8, 4) is 5.75 Å². The van der Waals surface area contributed by atoms with Crippen LogP contribution >= 0.6 is 12.4 Å². The molecule has 0 heterocycles. The fourth-order valence-corrected chi connectivity index (χ4v) is 1.23. The fraction of sp³-hybridized carbons (Fsp3) is 0.455. The lowest BCUT2D eigenvalue weighted by Crippen LogP contribution is -2.32. The molecule has 1 rings (SSSR count). The number of aromatic hydroxyl groups is 1. The number of phenolic OH excluding ortho intramolecular Hbond substituents is 1. The highest BCUT2D eigenvalue weighted by Gasteiger charge is 2.26. The standard InChI is InChI=1S/C11H17NO2.ClH/c1-11(2,7-13)10(12)8-3-5-9(14)6-4-8;/h3-6,10,13-14H,7,12H2,1-2H3;1H/t10-;/m1./s1. The maximum Gasteiger partial charge on any atom is 0.115 e. The number of hydrogen-bond donors (Lipinski definition) is 3. The van der Waals surface area contributed by atoms with Crippen molar-refractivity contribution in [1.82, 2.24) is 0 Å². The van der Waals surface area contributed by atoms with E-state index < -0.39 is 0 Å². The number of phenols is 1. The average molecular weight is 232 g/mol. The molecule has 1 aromatic carbocycles. The van der Waals surface area contributed by atoms with Gasteiger partial charge in [0.25, 0.3) is 0 Å². The molecule has 0 saturated carbocycles. The van der Waals surface area contributed by atoms with E-state index in [-0.39, 0.29) is 36.2 Å². The minimum Gasteiger partial charge on any atom is -0.508 e. The third kappa shape index (κ3) is 3.38. The number of halogens is 1. The van der Waals surface area contributed by atoms with Crippen molar-refractivity contribution in [2.24, 2.45) is 11.1 Å². The van der Waals surface area contributed by atoms with Crippen LogP contribution < -0.4 is 5.73 Å². The normalized spacial score (nSPS) is 13.1. The maximum absolute atomic E-state index is 9.15. The molecule has 4 heteroatoms. The summed E-state index contributed by atoms with van der Waals surface area (Å²) in [6.45, 7) is 3.85. The predicted molar refractivity (Wildman–Crippen MR) is 63.2 cm³/mol. The zero-order valence-corrected chi connectivity index (χ0v) is 9.79. The molecule has 0 saturated heterocycles. The Morgan fingerprint density at radius 3 is 2.13 bits per heavy atom. The molecule has 0 spiro atoms. The van der Waals surface area contributed by atoms with Gasteiger partial charge in [-0.3, -0.25) is 0 Å². The topological polar surface area (TPSA) is 66.5 Å². The van der Waals surface area contributed by atoms with Gasteiger partial charge in [0.2, 0.25) is 0 Å². The Hall–Kier alpha value is -0.770. The number of aliphatic hydroxyl groups excluding tert-OH is 1. The van der Waals surface area contributed by atoms with Gasteiger partial charge in [-0.1, -0.05) is 26.0 Å². The number of nitrogens with two attached hydrogens (primary N) is 1. The molecule has 0 unspecified atom stereocenters. The van der Waals surface area contributed by atoms with Crippen LogP contribution in [-0.4, -0.2) is 16.8 Å². The van der Waals surface area contributed by atoms with Crippen molar-refractivity contribution >= 4 is 12.4 Å². The van der Waals surface area contributed by atoms with E-state index in [1.54, 1.807) is 24.3 Å². The van der Waals surface area contributed by atoms with Crippen molar-refractivity contribution < 1.29 is 10.2 Å². The summed E-state index contributed by atoms with van der Waals surface area (Å²) in [5.41, 5.74) is 6.56. The minimum atomic E-state index is -0.350. The van der Waals surface area contributed by atoms with E-state index in [9.17, 15) is 0 Å². The van der Waals surface area contributed by atoms with Gasteiger partial charge in [0.15, 0.2) is 0 Å². The van der Waals surface area contributed by atoms with Gasteiger partial charge in [-0.15, -0.1) is 12.4 Å². The van der Waals surface area contributed by atoms with Crippen molar-refractivity contribution in [3.63, 3.8) is 0 Å². The van der Waals surface area contributed by atoms with Crippen LogP contribution in [0.25, 0.3) is 0 Å². The monoisotopic (exact) mass is 231 g/mol. The first-order valence-corrected chi connectivity index (χ1v) is 4.63. The van der Waals surface area contributed by atoms with E-state index in [0.717, 1.165) is 5.56 Å². The number of benzene rings is 1. The smallest absolute Gasteiger partial charge is 0.115 e. The Bertz CT molecular complexity index is 298. The second kappa shape index (κ2) is 5.35. The molecule has 1 atom stereocenters. The summed E-state index contributed by atoms with van der Waals surface area (Å²) < 4.78 is 0. The molecule has 0 fully saturated rings. The first-order chi connectivity index (χ1) is 6.47. The Labute approximate surface area is 96.3 Å². The molecule has 0 aliphatic rings. The largest absolute Gasteiger partial charge is 0.508 e. The van der Waals surface area contributed by atoms with Gasteiger partial charge in [-0.05, 0) is 17.7 Å². The van der Waals surface area contributed by atoms with Crippen molar-refractivity contribution in [3.05, 3.63) is 29.8 Å². The van der Waals surface area contributed by atoms with Gasteiger partial charge in [0.1, 0.15) is 5.75 Å². The van der Waals surface area contributed by atoms with Crippen LogP contribution in [0.15, 0.2) is 24.3 Å². The van der Waals surface area contributed by atoms with Crippen LogP contribution in [0, 0.1) is 5.41 Å². The summed E-state index contributed by atoms with van der Waals surface area (Å²) in [4.78, 5) is 0. The van der Waals surface area contributed by atoms with E-state index in [1.807, 2.05) is 13.8 Å². The molecule has 0 aliphatic heterocycles. The van der Waals surface area contributed by atoms with E-state index in [1.165, 1.54) is 0 Å². The molecule has 4 N–H and O–H groups in total. The van der Waals surface area contributed by atoms with Crippen LogP contribution in [-0.2, 0) is 0 Å². The van der Waals surface area contributed by atoms with Crippen LogP contribution in [0.1, 0.15) is 25.5 Å². The average Bonchev–Trinajstić information content (AvgIpc) is 2.18. The third-order valence-electron chi connectivity index (χ3n) is 2.50. The first kappa shape index (κ1) is 14.2. The lowest BCUT2D eigenvalue weighted by molar-refractivity contribution is 0.132. The zero-order valence-electron chi connectivity index (χ0n) is 8.97. The lowest BCUT2D eigenvalue weighted by atomic mass is 9.82. The highest BCUT2D eigenvalue weighted by molar-refractivity contribution is 5.85. The molecule has 0 aromatic heterocycles. The van der Waals surface area contributed by atoms with Crippen molar-refractivity contribution in [2.75, 3.05) is 6.61 Å². The molecule has 3 nitrogen and oxygen atoms in total. The third-order valence-corrected chi connectivity index (χ3v) is 2.50. The Morgan fingerprint density at radius 2 is 1.73 bits per heavy atom. The van der Waals surface area contributed by atoms with Gasteiger partial charge >= 0.3 is 0 Å². The summed E-state index contributed by atoms with van der Waals surface area (Å²) in [6.07, 6.45) is 0. The molecule has 0 bridgehead atoms. The molecule has 0 aliphatic carbocycles. The molecule has 1 aromatic rings. The molecule has 0 amide bonds. The van der Waals surface area contributed by atoms with Crippen LogP contribution in [0.3, 0.4) is 0 Å². The van der Waals surface area contributed by atoms with Gasteiger partial charge in [0, 0.05) is 18.1 Å². The van der Waals surface area contributed by atoms with E-state index in [4.69, 9.17) is 15.9 Å². The van der Waals surface area contributed by atoms with Crippen LogP contribution in [0.4, 0.5) is 0 Å². The predicted octanol–water partition coefficient (Wildman–Crippen LogP) is 1.83. The zero-order chi connectivity index (χ0) is 10.8. The fourth-order valence-electron chi connectivity index (χ4n) is 1.23. The highest BCUT2D eigenvalue weighted by atomic mass is 35.5. The molecule has 0 radical (unpaired) electrons. The quantitative estimate of drug-likeness (QED) is 0.744. The summed E-state index contributed by atoms with van der Waals surface area (Å²) in [6, 6.07) is 6.52. The molecule has 86 valence electrons. The van der Waals surface area contributed by atoms with E-state index in [0.29, 0.717) is 0 Å². The summed E-state index contributed by atoms with van der Waals surface area (Å²) in [5.74, 6) is 0.225. The summed E-state index contributed by atoms with van der Waals surface area (Å²) >= 11 is 0. The number of rotatable bonds is 3. The van der Waals surface area contributed by atoms with Gasteiger partial charge < -0.3 is 15.9 Å². The Kier molecular flexibility index (Phi) is 5.08. The van der Waals surface area contributed by atoms with E-state index in [2.05, 4.69) is 0 Å². The summed E-state index contributed by atoms with van der Waals surface area (Å²) in [7, 11) is 0. The van der Waals surface area contributed by atoms with Crippen molar-refractivity contribution in [2.45, 2.75) is 19.9 Å². The second-order valence-corrected chi connectivity index (χ2v) is 4.22. The van der Waals surface area contributed by atoms with Crippen LogP contribution in [0.2, 0.25) is 0 Å². The van der Waals surface area contributed by atoms with Gasteiger partial charge in [-0.2, -0.15) is 0 Å². The SMILES string of the molecule is CC(C)(CO)[C@H](N)c1ccc(O)cc1.Cl. The molecular weight excluding hydrogens is 214 g/mol. The highest BCUT2D eigenvalue weighted by Crippen LogP contribution is 2.31. The molecular formula is C11H18ClNO2. The molecule has 15 heavy (non-hydrogen) atoms. The first-order valence-electron chi connectivity index (χ1n) is 4.63. The summed E-state index contributed by atoms with van der Waals surface area (Å²) in [5, 5.41) is 18.3. The Morgan fingerprint density at radius 1 is 1.27 bits per heavy atom. The maximum atomic E-state index is 9.15.